The van der Waals surface area contributed by atoms with Crippen molar-refractivity contribution >= 4 is 45.6 Å². The lowest BCUT2D eigenvalue weighted by Crippen LogP contribution is -2.19. The molecule has 0 aliphatic heterocycles. The molecule has 0 aliphatic carbocycles. The van der Waals surface area contributed by atoms with Crippen molar-refractivity contribution in [2.24, 2.45) is 5.10 Å². The summed E-state index contributed by atoms with van der Waals surface area (Å²) >= 11 is 2.62. The van der Waals surface area contributed by atoms with Crippen molar-refractivity contribution in [3.05, 3.63) is 32.6 Å². The molecule has 2 rings (SSSR count). The van der Waals surface area contributed by atoms with Crippen molar-refractivity contribution in [3.63, 3.8) is 0 Å². The van der Waals surface area contributed by atoms with Crippen LogP contribution < -0.4 is 10.7 Å². The number of hydrazone groups is 1. The van der Waals surface area contributed by atoms with E-state index in [4.69, 9.17) is 4.74 Å². The molecule has 0 aromatic carbocycles. The number of nitrogens with zero attached hydrogens (tertiary/aromatic N) is 2. The number of rotatable bonds is 6. The Morgan fingerprint density at radius 1 is 1.31 bits per heavy atom. The summed E-state index contributed by atoms with van der Waals surface area (Å²) in [4.78, 5) is 25.8. The molecule has 0 atom stereocenters. The molecule has 2 amide bonds. The molecule has 0 bridgehead atoms. The van der Waals surface area contributed by atoms with E-state index in [1.54, 1.807) is 13.8 Å². The van der Waals surface area contributed by atoms with E-state index in [9.17, 15) is 9.59 Å². The van der Waals surface area contributed by atoms with E-state index in [1.165, 1.54) is 16.2 Å². The molecule has 26 heavy (non-hydrogen) atoms. The van der Waals surface area contributed by atoms with E-state index in [0.29, 0.717) is 21.2 Å². The number of hydrogen-bond donors (Lipinski definition) is 2. The Labute approximate surface area is 160 Å². The zero-order chi connectivity index (χ0) is 19.3. The second-order valence-corrected chi connectivity index (χ2v) is 7.44. The van der Waals surface area contributed by atoms with E-state index >= 15 is 0 Å². The van der Waals surface area contributed by atoms with E-state index in [2.05, 4.69) is 27.1 Å². The van der Waals surface area contributed by atoms with Crippen LogP contribution in [0.1, 0.15) is 52.1 Å². The van der Waals surface area contributed by atoms with E-state index in [1.807, 2.05) is 19.9 Å². The first-order valence-electron chi connectivity index (χ1n) is 8.21. The summed E-state index contributed by atoms with van der Waals surface area (Å²) in [5.41, 5.74) is 5.65. The Hall–Kier alpha value is -2.26. The summed E-state index contributed by atoms with van der Waals surface area (Å²) in [5, 5.41) is 7.37. The molecule has 140 valence electrons. The van der Waals surface area contributed by atoms with Gasteiger partial charge in [0.15, 0.2) is 0 Å². The third-order valence-corrected chi connectivity index (χ3v) is 5.84. The Bertz CT molecular complexity index is 839. The highest BCUT2D eigenvalue weighted by atomic mass is 32.1. The van der Waals surface area contributed by atoms with Crippen LogP contribution in [0.4, 0.5) is 9.80 Å². The number of thiophene rings is 1. The maximum absolute atomic E-state index is 12.3. The molecule has 2 N–H and O–H groups in total. The third kappa shape index (κ3) is 4.67. The average molecular weight is 395 g/mol. The predicted molar refractivity (Wildman–Crippen MR) is 106 cm³/mol. The van der Waals surface area contributed by atoms with Crippen LogP contribution in [0.15, 0.2) is 11.2 Å². The van der Waals surface area contributed by atoms with Crippen molar-refractivity contribution < 1.29 is 14.3 Å². The highest BCUT2D eigenvalue weighted by Crippen LogP contribution is 2.26. The molecular weight excluding hydrogens is 372 g/mol. The zero-order valence-corrected chi connectivity index (χ0v) is 17.1. The normalized spacial score (nSPS) is 11.3. The van der Waals surface area contributed by atoms with Crippen LogP contribution in [-0.2, 0) is 11.2 Å². The van der Waals surface area contributed by atoms with Gasteiger partial charge in [0.2, 0.25) is 0 Å². The van der Waals surface area contributed by atoms with Gasteiger partial charge in [-0.1, -0.05) is 6.92 Å². The number of carbonyl (C=O) groups excluding carboxylic acids is 2. The van der Waals surface area contributed by atoms with Crippen LogP contribution in [-0.4, -0.2) is 28.7 Å². The third-order valence-electron chi connectivity index (χ3n) is 3.61. The van der Waals surface area contributed by atoms with Gasteiger partial charge in [-0.25, -0.2) is 10.2 Å². The maximum Gasteiger partial charge on any atom is 0.412 e. The summed E-state index contributed by atoms with van der Waals surface area (Å²) in [6.07, 6.45) is 0.352. The van der Waals surface area contributed by atoms with Crippen molar-refractivity contribution in [3.8, 4) is 0 Å². The van der Waals surface area contributed by atoms with Crippen molar-refractivity contribution in [1.29, 1.82) is 0 Å². The molecule has 0 unspecified atom stereocenters. The summed E-state index contributed by atoms with van der Waals surface area (Å²) < 4.78 is 9.13. The van der Waals surface area contributed by atoms with Gasteiger partial charge in [-0.3, -0.25) is 10.1 Å². The van der Waals surface area contributed by atoms with Gasteiger partial charge < -0.3 is 4.74 Å². The molecular formula is C17H22N4O3S2. The van der Waals surface area contributed by atoms with Crippen molar-refractivity contribution in [2.75, 3.05) is 11.9 Å². The second kappa shape index (κ2) is 8.91. The molecule has 0 fully saturated rings. The number of aryl methyl sites for hydroxylation is 3. The van der Waals surface area contributed by atoms with Crippen LogP contribution in [0, 0.1) is 13.8 Å². The number of aromatic nitrogens is 1. The first kappa shape index (κ1) is 20.1. The van der Waals surface area contributed by atoms with Gasteiger partial charge >= 0.3 is 6.09 Å². The molecule has 0 radical (unpaired) electrons. The van der Waals surface area contributed by atoms with Gasteiger partial charge in [-0.05, 0) is 57.3 Å². The number of amides is 2. The van der Waals surface area contributed by atoms with Crippen LogP contribution >= 0.6 is 22.9 Å². The number of carbonyl (C=O) groups is 2. The SMILES string of the molecule is CCOC(=O)Nc1snc(C)c1/C(C)=N/NC(=O)c1cc(C)c(CC)s1. The number of anilines is 1. The largest absolute Gasteiger partial charge is 0.450 e. The minimum Gasteiger partial charge on any atom is -0.450 e. The minimum atomic E-state index is -0.546. The Morgan fingerprint density at radius 2 is 2.04 bits per heavy atom. The fourth-order valence-electron chi connectivity index (χ4n) is 2.37. The monoisotopic (exact) mass is 394 g/mol. The van der Waals surface area contributed by atoms with Crippen LogP contribution in [0.2, 0.25) is 0 Å². The fraction of sp³-hybridized carbons (Fsp3) is 0.412. The van der Waals surface area contributed by atoms with Gasteiger partial charge in [0.1, 0.15) is 5.00 Å². The van der Waals surface area contributed by atoms with Gasteiger partial charge in [0.25, 0.3) is 5.91 Å². The Balaban J connectivity index is 2.15. The number of nitrogens with one attached hydrogen (secondary N) is 2. The quantitative estimate of drug-likeness (QED) is 0.570. The van der Waals surface area contributed by atoms with Gasteiger partial charge in [0, 0.05) is 4.88 Å². The minimum absolute atomic E-state index is 0.252. The predicted octanol–water partition coefficient (Wildman–Crippen LogP) is 4.11. The van der Waals surface area contributed by atoms with Crippen LogP contribution in [0.25, 0.3) is 0 Å². The first-order chi connectivity index (χ1) is 12.4. The zero-order valence-electron chi connectivity index (χ0n) is 15.4. The second-order valence-electron chi connectivity index (χ2n) is 5.53. The lowest BCUT2D eigenvalue weighted by molar-refractivity contribution is 0.0958. The van der Waals surface area contributed by atoms with Gasteiger partial charge in [-0.2, -0.15) is 9.47 Å². The fourth-order valence-corrected chi connectivity index (χ4v) is 4.21. The van der Waals surface area contributed by atoms with E-state index < -0.39 is 6.09 Å². The van der Waals surface area contributed by atoms with Gasteiger partial charge in [-0.15, -0.1) is 11.3 Å². The van der Waals surface area contributed by atoms with E-state index in [-0.39, 0.29) is 12.5 Å². The molecule has 2 aromatic rings. The average Bonchev–Trinajstić information content (AvgIpc) is 3.15. The topological polar surface area (TPSA) is 92.7 Å². The summed E-state index contributed by atoms with van der Waals surface area (Å²) in [6.45, 7) is 9.64. The molecule has 0 aliphatic rings. The van der Waals surface area contributed by atoms with Crippen molar-refractivity contribution in [2.45, 2.75) is 41.0 Å². The summed E-state index contributed by atoms with van der Waals surface area (Å²) in [7, 11) is 0. The lowest BCUT2D eigenvalue weighted by atomic mass is 10.2. The van der Waals surface area contributed by atoms with Crippen molar-refractivity contribution in [1.82, 2.24) is 9.80 Å². The summed E-state index contributed by atoms with van der Waals surface area (Å²) in [5.74, 6) is -0.252. The van der Waals surface area contributed by atoms with Crippen LogP contribution in [0.3, 0.4) is 0 Å². The molecule has 0 spiro atoms. The molecule has 0 saturated heterocycles. The van der Waals surface area contributed by atoms with Gasteiger partial charge in [0.05, 0.1) is 28.5 Å². The highest BCUT2D eigenvalue weighted by molar-refractivity contribution is 7.14. The van der Waals surface area contributed by atoms with Crippen LogP contribution in [0.5, 0.6) is 0 Å². The maximum atomic E-state index is 12.3. The standard InChI is InChI=1S/C17H22N4O3S2/c1-6-12-9(3)8-13(25-12)15(22)20-19-10(4)14-11(5)21-26-16(14)18-17(23)24-7-2/h8H,6-7H2,1-5H3,(H,18,23)(H,20,22)/b19-10+. The smallest absolute Gasteiger partial charge is 0.412 e. The number of ether oxygens (including phenoxy) is 1. The lowest BCUT2D eigenvalue weighted by Gasteiger charge is -2.06. The molecule has 2 heterocycles. The molecule has 7 nitrogen and oxygen atoms in total. The molecule has 0 saturated carbocycles. The first-order valence-corrected chi connectivity index (χ1v) is 9.80. The number of hydrogen-bond acceptors (Lipinski definition) is 7. The molecule has 9 heteroatoms. The highest BCUT2D eigenvalue weighted by Gasteiger charge is 2.17. The summed E-state index contributed by atoms with van der Waals surface area (Å²) in [6, 6.07) is 1.87. The Morgan fingerprint density at radius 3 is 2.65 bits per heavy atom. The molecule has 2 aromatic heterocycles. The Kier molecular flexibility index (Phi) is 6.87. The van der Waals surface area contributed by atoms with E-state index in [0.717, 1.165) is 29.2 Å².